The van der Waals surface area contributed by atoms with Gasteiger partial charge in [0.2, 0.25) is 0 Å². The first-order valence-electron chi connectivity index (χ1n) is 6.22. The summed E-state index contributed by atoms with van der Waals surface area (Å²) in [5.41, 5.74) is 5.26. The maximum Gasteiger partial charge on any atom is 0.0701 e. The Morgan fingerprint density at radius 3 is 1.56 bits per heavy atom. The van der Waals surface area contributed by atoms with Crippen molar-refractivity contribution < 1.29 is 24.1 Å². The highest BCUT2D eigenvalue weighted by molar-refractivity contribution is 7.17. The van der Waals surface area contributed by atoms with Gasteiger partial charge in [-0.05, 0) is 0 Å². The lowest BCUT2D eigenvalue weighted by molar-refractivity contribution is -0.00268. The van der Waals surface area contributed by atoms with Crippen LogP contribution in [0.3, 0.4) is 0 Å². The van der Waals surface area contributed by atoms with Gasteiger partial charge in [-0.25, -0.2) is 0 Å². The van der Waals surface area contributed by atoms with E-state index < -0.39 is 0 Å². The number of rotatable bonds is 14. The van der Waals surface area contributed by atoms with Gasteiger partial charge in [0.05, 0.1) is 52.1 Å². The molecule has 0 aromatic carbocycles. The minimum atomic E-state index is -0.388. The molecule has 110 valence electrons. The molecular formula is C11H26NO5P. The summed E-state index contributed by atoms with van der Waals surface area (Å²) in [5, 5.41) is 8.95. The van der Waals surface area contributed by atoms with Crippen LogP contribution < -0.4 is 5.73 Å². The Hall–Kier alpha value is 0.190. The first kappa shape index (κ1) is 18.2. The molecule has 0 heterocycles. The molecule has 0 aliphatic rings. The van der Waals surface area contributed by atoms with Gasteiger partial charge in [0, 0.05) is 19.6 Å². The van der Waals surface area contributed by atoms with Gasteiger partial charge in [-0.1, -0.05) is 0 Å². The monoisotopic (exact) mass is 283 g/mol. The lowest BCUT2D eigenvalue weighted by atomic mass is 10.5. The minimum Gasteiger partial charge on any atom is -0.389 e. The van der Waals surface area contributed by atoms with Gasteiger partial charge in [-0.3, -0.25) is 0 Å². The average Bonchev–Trinajstić information content (AvgIpc) is 2.34. The van der Waals surface area contributed by atoms with E-state index in [0.717, 1.165) is 0 Å². The minimum absolute atomic E-state index is 0.388. The van der Waals surface area contributed by atoms with Gasteiger partial charge in [0.25, 0.3) is 0 Å². The molecule has 18 heavy (non-hydrogen) atoms. The number of aliphatic hydroxyl groups is 1. The number of hydrogen-bond donors (Lipinski definition) is 2. The second-order valence-corrected chi connectivity index (χ2v) is 4.36. The summed E-state index contributed by atoms with van der Waals surface area (Å²) in [4.78, 5) is 0. The summed E-state index contributed by atoms with van der Waals surface area (Å²) in [6.07, 6.45) is 0.622. The summed E-state index contributed by atoms with van der Waals surface area (Å²) in [5.74, 6) is -0.388. The zero-order chi connectivity index (χ0) is 13.5. The van der Waals surface area contributed by atoms with E-state index in [0.29, 0.717) is 65.8 Å². The Balaban J connectivity index is 2.90. The Morgan fingerprint density at radius 2 is 1.17 bits per heavy atom. The van der Waals surface area contributed by atoms with E-state index in [1.165, 1.54) is 0 Å². The van der Waals surface area contributed by atoms with Crippen LogP contribution in [0, 0.1) is 0 Å². The molecule has 6 nitrogen and oxygen atoms in total. The topological polar surface area (TPSA) is 83.2 Å². The van der Waals surface area contributed by atoms with E-state index in [1.54, 1.807) is 0 Å². The Kier molecular flexibility index (Phi) is 15.4. The van der Waals surface area contributed by atoms with E-state index >= 15 is 0 Å². The molecule has 0 saturated heterocycles. The molecule has 3 N–H and O–H groups in total. The van der Waals surface area contributed by atoms with Gasteiger partial charge in [0.1, 0.15) is 0 Å². The van der Waals surface area contributed by atoms with Crippen molar-refractivity contribution in [2.45, 2.75) is 12.3 Å². The summed E-state index contributed by atoms with van der Waals surface area (Å²) >= 11 is 0. The normalized spacial score (nSPS) is 12.8. The van der Waals surface area contributed by atoms with Gasteiger partial charge >= 0.3 is 0 Å². The molecule has 0 aliphatic heterocycles. The van der Waals surface area contributed by atoms with Crippen LogP contribution in [0.2, 0.25) is 0 Å². The lowest BCUT2D eigenvalue weighted by Gasteiger charge is -2.07. The van der Waals surface area contributed by atoms with E-state index in [-0.39, 0.29) is 5.85 Å². The molecule has 0 aliphatic carbocycles. The molecule has 0 fully saturated rings. The number of ether oxygens (including phenoxy) is 4. The molecule has 0 saturated carbocycles. The molecule has 0 aromatic rings. The fraction of sp³-hybridized carbons (Fsp3) is 1.00. The van der Waals surface area contributed by atoms with E-state index in [1.807, 2.05) is 0 Å². The van der Waals surface area contributed by atoms with Crippen LogP contribution >= 0.6 is 9.24 Å². The third-order valence-electron chi connectivity index (χ3n) is 1.94. The molecule has 0 spiro atoms. The molecule has 0 amide bonds. The lowest BCUT2D eigenvalue weighted by Crippen LogP contribution is -2.14. The predicted octanol–water partition coefficient (Wildman–Crippen LogP) is -0.405. The highest BCUT2D eigenvalue weighted by Crippen LogP contribution is 1.99. The van der Waals surface area contributed by atoms with Crippen LogP contribution in [0.25, 0.3) is 0 Å². The van der Waals surface area contributed by atoms with Gasteiger partial charge < -0.3 is 29.8 Å². The van der Waals surface area contributed by atoms with Crippen molar-refractivity contribution in [2.24, 2.45) is 5.73 Å². The van der Waals surface area contributed by atoms with Crippen LogP contribution in [0.5, 0.6) is 0 Å². The predicted molar refractivity (Wildman–Crippen MR) is 72.7 cm³/mol. The SMILES string of the molecule is NCCOCCOCCOCCOCCC(O)P. The fourth-order valence-corrected chi connectivity index (χ4v) is 1.19. The number of nitrogens with two attached hydrogens (primary N) is 1. The molecular weight excluding hydrogens is 257 g/mol. The van der Waals surface area contributed by atoms with Crippen LogP contribution in [-0.2, 0) is 18.9 Å². The highest BCUT2D eigenvalue weighted by atomic mass is 31.0. The molecule has 0 rings (SSSR count). The van der Waals surface area contributed by atoms with Crippen molar-refractivity contribution in [3.63, 3.8) is 0 Å². The third-order valence-corrected chi connectivity index (χ3v) is 2.27. The summed E-state index contributed by atoms with van der Waals surface area (Å²) in [7, 11) is 2.31. The maximum absolute atomic E-state index is 8.95. The molecule has 0 aromatic heterocycles. The van der Waals surface area contributed by atoms with E-state index in [4.69, 9.17) is 29.8 Å². The van der Waals surface area contributed by atoms with Crippen molar-refractivity contribution in [3.05, 3.63) is 0 Å². The standard InChI is InChI=1S/C11H26NO5P/c12-2-4-15-6-8-17-10-9-16-7-5-14-3-1-11(13)18/h11,13H,1-10,12,18H2. The number of aliphatic hydroxyl groups excluding tert-OH is 1. The van der Waals surface area contributed by atoms with Crippen molar-refractivity contribution in [1.82, 2.24) is 0 Å². The van der Waals surface area contributed by atoms with Crippen LogP contribution in [0.4, 0.5) is 0 Å². The van der Waals surface area contributed by atoms with Crippen molar-refractivity contribution in [1.29, 1.82) is 0 Å². The first-order valence-corrected chi connectivity index (χ1v) is 6.88. The fourth-order valence-electron chi connectivity index (χ4n) is 1.05. The summed E-state index contributed by atoms with van der Waals surface area (Å²) < 4.78 is 20.9. The third kappa shape index (κ3) is 16.2. The Labute approximate surface area is 111 Å². The summed E-state index contributed by atoms with van der Waals surface area (Å²) in [6.45, 7) is 4.96. The maximum atomic E-state index is 8.95. The molecule has 7 heteroatoms. The quantitative estimate of drug-likeness (QED) is 0.333. The second-order valence-electron chi connectivity index (χ2n) is 3.59. The molecule has 2 unspecified atom stereocenters. The largest absolute Gasteiger partial charge is 0.389 e. The van der Waals surface area contributed by atoms with Crippen LogP contribution in [0.15, 0.2) is 0 Å². The highest BCUT2D eigenvalue weighted by Gasteiger charge is 1.95. The first-order chi connectivity index (χ1) is 8.77. The average molecular weight is 283 g/mol. The van der Waals surface area contributed by atoms with Crippen LogP contribution in [-0.4, -0.2) is 70.4 Å². The number of hydrogen-bond acceptors (Lipinski definition) is 6. The van der Waals surface area contributed by atoms with Crippen molar-refractivity contribution >= 4 is 9.24 Å². The van der Waals surface area contributed by atoms with Crippen molar-refractivity contribution in [3.8, 4) is 0 Å². The van der Waals surface area contributed by atoms with Gasteiger partial charge in [-0.15, -0.1) is 9.24 Å². The second kappa shape index (κ2) is 15.2. The zero-order valence-electron chi connectivity index (χ0n) is 10.9. The zero-order valence-corrected chi connectivity index (χ0v) is 12.0. The van der Waals surface area contributed by atoms with Crippen LogP contribution in [0.1, 0.15) is 6.42 Å². The smallest absolute Gasteiger partial charge is 0.0701 e. The molecule has 0 radical (unpaired) electrons. The van der Waals surface area contributed by atoms with Gasteiger partial charge in [0.15, 0.2) is 0 Å². The summed E-state index contributed by atoms with van der Waals surface area (Å²) in [6, 6.07) is 0. The van der Waals surface area contributed by atoms with E-state index in [2.05, 4.69) is 9.24 Å². The van der Waals surface area contributed by atoms with E-state index in [9.17, 15) is 0 Å². The molecule has 0 bridgehead atoms. The van der Waals surface area contributed by atoms with Crippen molar-refractivity contribution in [2.75, 3.05) is 59.4 Å². The van der Waals surface area contributed by atoms with Gasteiger partial charge in [-0.2, -0.15) is 0 Å². The molecule has 2 atom stereocenters. The Morgan fingerprint density at radius 1 is 0.778 bits per heavy atom. The Bertz CT molecular complexity index is 162.